The molecule has 3 heterocycles. The Kier molecular flexibility index (Phi) is 8.15. The van der Waals surface area contributed by atoms with E-state index in [0.29, 0.717) is 32.1 Å². The number of hydrogen-bond acceptors (Lipinski definition) is 8. The molecule has 0 bridgehead atoms. The maximum Gasteiger partial charge on any atom is 0.315 e. The lowest BCUT2D eigenvalue weighted by atomic mass is 10.1. The maximum atomic E-state index is 12.3. The molecule has 3 aliphatic rings. The highest BCUT2D eigenvalue weighted by Crippen LogP contribution is 2.35. The molecule has 3 aromatic carbocycles. The molecule has 0 N–H and O–H groups in total. The molecule has 9 heteroatoms. The Morgan fingerprint density at radius 1 is 0.775 bits per heavy atom. The predicted molar refractivity (Wildman–Crippen MR) is 147 cm³/mol. The van der Waals surface area contributed by atoms with E-state index < -0.39 is 30.4 Å². The van der Waals surface area contributed by atoms with Crippen LogP contribution in [0.4, 0.5) is 0 Å². The number of fused-ring (bicyclic) bond motifs is 1. The molecule has 0 aliphatic carbocycles. The van der Waals surface area contributed by atoms with Crippen LogP contribution in [0.2, 0.25) is 0 Å². The monoisotopic (exact) mass is 538 g/mol. The van der Waals surface area contributed by atoms with Gasteiger partial charge in [0.25, 0.3) is 0 Å². The van der Waals surface area contributed by atoms with Crippen molar-refractivity contribution in [3.05, 3.63) is 120 Å². The molecular formula is C31H30N4O5. The zero-order valence-corrected chi connectivity index (χ0v) is 21.9. The highest BCUT2D eigenvalue weighted by atomic mass is 16.6. The number of carbonyl (C=O) groups excluding carboxylic acids is 1. The topological polar surface area (TPSA) is 94.3 Å². The summed E-state index contributed by atoms with van der Waals surface area (Å²) in [6.07, 6.45) is -0.412. The van der Waals surface area contributed by atoms with Crippen molar-refractivity contribution in [2.75, 3.05) is 13.3 Å². The second-order valence-electron chi connectivity index (χ2n) is 9.74. The van der Waals surface area contributed by atoms with Crippen molar-refractivity contribution in [1.29, 1.82) is 0 Å². The summed E-state index contributed by atoms with van der Waals surface area (Å²) in [5.41, 5.74) is 4.01. The van der Waals surface area contributed by atoms with Crippen LogP contribution in [0, 0.1) is 0 Å². The van der Waals surface area contributed by atoms with Gasteiger partial charge in [0.15, 0.2) is 11.9 Å². The van der Waals surface area contributed by atoms with Crippen molar-refractivity contribution in [3.8, 4) is 0 Å². The van der Waals surface area contributed by atoms with E-state index in [9.17, 15) is 4.79 Å². The Hall–Kier alpha value is -4.02. The van der Waals surface area contributed by atoms with E-state index in [0.717, 1.165) is 16.7 Å². The van der Waals surface area contributed by atoms with Gasteiger partial charge in [-0.25, -0.2) is 0 Å². The molecule has 4 atom stereocenters. The minimum atomic E-state index is -0.580. The number of amides is 1. The van der Waals surface area contributed by atoms with Gasteiger partial charge >= 0.3 is 5.91 Å². The van der Waals surface area contributed by atoms with Crippen LogP contribution in [-0.4, -0.2) is 54.3 Å². The van der Waals surface area contributed by atoms with Gasteiger partial charge in [-0.05, 0) is 16.7 Å². The lowest BCUT2D eigenvalue weighted by Crippen LogP contribution is -2.45. The lowest BCUT2D eigenvalue weighted by Gasteiger charge is -2.31. The van der Waals surface area contributed by atoms with Crippen molar-refractivity contribution in [2.24, 2.45) is 15.2 Å². The Balaban J connectivity index is 1.25. The molecule has 9 nitrogen and oxygen atoms in total. The molecule has 204 valence electrons. The summed E-state index contributed by atoms with van der Waals surface area (Å²) in [5, 5.41) is 7.50. The average molecular weight is 539 g/mol. The largest absolute Gasteiger partial charge is 0.374 e. The van der Waals surface area contributed by atoms with E-state index in [2.05, 4.69) is 15.2 Å². The standard InChI is InChI=1S/C31H30N4O5/c36-30-27-25(16-33-34-30)35(21-32-27)31-29(39-19-24-14-8-3-9-15-24)28(38-18-23-12-6-2-7-13-23)26(40-31)20-37-17-22-10-4-1-5-11-22/h1-16,26,28-29,31H,17-21H2/t26-,28-,29-,31-/m1/s1. The highest BCUT2D eigenvalue weighted by molar-refractivity contribution is 6.46. The van der Waals surface area contributed by atoms with Crippen molar-refractivity contribution in [3.63, 3.8) is 0 Å². The van der Waals surface area contributed by atoms with Gasteiger partial charge in [-0.15, -0.1) is 5.11 Å². The Morgan fingerprint density at radius 3 is 1.98 bits per heavy atom. The van der Waals surface area contributed by atoms with Crippen molar-refractivity contribution in [1.82, 2.24) is 4.90 Å². The van der Waals surface area contributed by atoms with E-state index in [4.69, 9.17) is 18.9 Å². The first-order chi connectivity index (χ1) is 19.8. The van der Waals surface area contributed by atoms with Crippen LogP contribution < -0.4 is 0 Å². The van der Waals surface area contributed by atoms with Crippen molar-refractivity contribution < 1.29 is 23.7 Å². The normalized spacial score (nSPS) is 23.7. The van der Waals surface area contributed by atoms with Crippen LogP contribution in [0.5, 0.6) is 0 Å². The zero-order chi connectivity index (χ0) is 27.1. The van der Waals surface area contributed by atoms with Crippen LogP contribution in [0.25, 0.3) is 0 Å². The van der Waals surface area contributed by atoms with Crippen LogP contribution in [0.1, 0.15) is 16.7 Å². The molecule has 1 saturated heterocycles. The summed E-state index contributed by atoms with van der Waals surface area (Å²) in [7, 11) is 0. The van der Waals surface area contributed by atoms with Gasteiger partial charge in [-0.1, -0.05) is 91.0 Å². The van der Waals surface area contributed by atoms with Gasteiger partial charge in [0.2, 0.25) is 0 Å². The second-order valence-corrected chi connectivity index (χ2v) is 9.74. The average Bonchev–Trinajstić information content (AvgIpc) is 3.58. The van der Waals surface area contributed by atoms with E-state index >= 15 is 0 Å². The van der Waals surface area contributed by atoms with Crippen molar-refractivity contribution in [2.45, 2.75) is 44.4 Å². The summed E-state index contributed by atoms with van der Waals surface area (Å²) in [6, 6.07) is 30.0. The Labute approximate surface area is 232 Å². The van der Waals surface area contributed by atoms with Crippen LogP contribution >= 0.6 is 0 Å². The summed E-state index contributed by atoms with van der Waals surface area (Å²) < 4.78 is 25.8. The molecule has 40 heavy (non-hydrogen) atoms. The number of nitrogens with zero attached hydrogens (tertiary/aromatic N) is 4. The number of hydrogen-bond donors (Lipinski definition) is 0. The van der Waals surface area contributed by atoms with Gasteiger partial charge in [0, 0.05) is 0 Å². The summed E-state index contributed by atoms with van der Waals surface area (Å²) >= 11 is 0. The predicted octanol–water partition coefficient (Wildman–Crippen LogP) is 4.65. The fourth-order valence-electron chi connectivity index (χ4n) is 5.03. The van der Waals surface area contributed by atoms with Gasteiger partial charge < -0.3 is 23.8 Å². The van der Waals surface area contributed by atoms with E-state index in [1.807, 2.05) is 95.9 Å². The molecule has 6 rings (SSSR count). The Bertz CT molecular complexity index is 1380. The maximum absolute atomic E-state index is 12.3. The first kappa shape index (κ1) is 26.2. The number of azo groups is 1. The fourth-order valence-corrected chi connectivity index (χ4v) is 5.03. The third-order valence-electron chi connectivity index (χ3n) is 7.02. The van der Waals surface area contributed by atoms with Gasteiger partial charge in [0.05, 0.1) is 38.3 Å². The molecular weight excluding hydrogens is 508 g/mol. The number of ether oxygens (including phenoxy) is 4. The number of aliphatic imine (C=N–C) groups is 1. The number of rotatable bonds is 11. The fraction of sp³-hybridized carbons (Fsp3) is 0.290. The molecule has 1 amide bonds. The minimum Gasteiger partial charge on any atom is -0.374 e. The molecule has 0 aromatic heterocycles. The molecule has 1 fully saturated rings. The molecule has 0 spiro atoms. The summed E-state index contributed by atoms with van der Waals surface area (Å²) in [5.74, 6) is -0.459. The van der Waals surface area contributed by atoms with E-state index in [-0.39, 0.29) is 12.4 Å². The zero-order valence-electron chi connectivity index (χ0n) is 21.9. The number of benzene rings is 3. The number of carbonyl (C=O) groups is 1. The van der Waals surface area contributed by atoms with Gasteiger partial charge in [-0.2, -0.15) is 5.11 Å². The SMILES string of the molecule is O=C1N=NC=C2C1=NCN2[C@@H]1O[C@H](COCc2ccccc2)[C@@H](OCc2ccccc2)[C@H]1OCc1ccccc1. The molecule has 0 saturated carbocycles. The lowest BCUT2D eigenvalue weighted by molar-refractivity contribution is -0.113. The van der Waals surface area contributed by atoms with E-state index in [1.54, 1.807) is 6.20 Å². The van der Waals surface area contributed by atoms with Crippen LogP contribution in [0.3, 0.4) is 0 Å². The van der Waals surface area contributed by atoms with Crippen molar-refractivity contribution >= 4 is 11.6 Å². The third-order valence-corrected chi connectivity index (χ3v) is 7.02. The highest BCUT2D eigenvalue weighted by Gasteiger charge is 2.51. The molecule has 3 aliphatic heterocycles. The minimum absolute atomic E-state index is 0.233. The first-order valence-corrected chi connectivity index (χ1v) is 13.3. The Morgan fingerprint density at radius 2 is 1.35 bits per heavy atom. The first-order valence-electron chi connectivity index (χ1n) is 13.3. The van der Waals surface area contributed by atoms with Gasteiger partial charge in [0.1, 0.15) is 25.0 Å². The molecule has 3 aromatic rings. The smallest absolute Gasteiger partial charge is 0.315 e. The molecule has 0 radical (unpaired) electrons. The van der Waals surface area contributed by atoms with Gasteiger partial charge in [-0.3, -0.25) is 9.79 Å². The summed E-state index contributed by atoms with van der Waals surface area (Å²) in [4.78, 5) is 18.6. The summed E-state index contributed by atoms with van der Waals surface area (Å²) in [6.45, 7) is 1.74. The van der Waals surface area contributed by atoms with E-state index in [1.165, 1.54) is 0 Å². The quantitative estimate of drug-likeness (QED) is 0.353. The molecule has 0 unspecified atom stereocenters. The second kappa shape index (κ2) is 12.4. The van der Waals surface area contributed by atoms with Crippen LogP contribution in [-0.2, 0) is 43.6 Å². The van der Waals surface area contributed by atoms with Crippen LogP contribution in [0.15, 0.2) is 118 Å². The third kappa shape index (κ3) is 5.93.